The van der Waals surface area contributed by atoms with Crippen LogP contribution in [0.5, 0.6) is 0 Å². The molecular formula is C13H21N3O3S. The minimum Gasteiger partial charge on any atom is -0.339 e. The van der Waals surface area contributed by atoms with Crippen molar-refractivity contribution < 1.29 is 12.9 Å². The zero-order valence-corrected chi connectivity index (χ0v) is 12.4. The lowest BCUT2D eigenvalue weighted by molar-refractivity contribution is 0.260. The zero-order valence-electron chi connectivity index (χ0n) is 11.5. The quantitative estimate of drug-likeness (QED) is 0.899. The number of sulfone groups is 1. The maximum absolute atomic E-state index is 11.5. The Kier molecular flexibility index (Phi) is 3.58. The molecule has 1 unspecified atom stereocenters. The first-order valence-electron chi connectivity index (χ1n) is 7.28. The average Bonchev–Trinajstić information content (AvgIpc) is 2.96. The third kappa shape index (κ3) is 3.03. The molecule has 20 heavy (non-hydrogen) atoms. The van der Waals surface area contributed by atoms with Crippen molar-refractivity contribution in [2.75, 3.05) is 11.5 Å². The summed E-state index contributed by atoms with van der Waals surface area (Å²) in [6, 6.07) is 0. The van der Waals surface area contributed by atoms with E-state index in [9.17, 15) is 8.42 Å². The largest absolute Gasteiger partial charge is 0.339 e. The van der Waals surface area contributed by atoms with Gasteiger partial charge >= 0.3 is 0 Å². The number of aromatic nitrogens is 2. The molecule has 0 bridgehead atoms. The zero-order chi connectivity index (χ0) is 14.2. The summed E-state index contributed by atoms with van der Waals surface area (Å²) in [5.74, 6) is 1.33. The summed E-state index contributed by atoms with van der Waals surface area (Å²) in [4.78, 5) is 4.37. The van der Waals surface area contributed by atoms with Gasteiger partial charge in [0.25, 0.3) is 0 Å². The van der Waals surface area contributed by atoms with E-state index >= 15 is 0 Å². The van der Waals surface area contributed by atoms with Crippen molar-refractivity contribution in [1.29, 1.82) is 0 Å². The molecule has 2 aliphatic rings. The lowest BCUT2D eigenvalue weighted by Crippen LogP contribution is -2.43. The predicted molar refractivity (Wildman–Crippen MR) is 74.0 cm³/mol. The molecule has 2 fully saturated rings. The molecule has 0 spiro atoms. The van der Waals surface area contributed by atoms with Crippen LogP contribution in [-0.2, 0) is 16.3 Å². The average molecular weight is 299 g/mol. The molecule has 2 heterocycles. The molecule has 1 saturated heterocycles. The van der Waals surface area contributed by atoms with Crippen molar-refractivity contribution >= 4 is 9.84 Å². The minimum atomic E-state index is -2.92. The van der Waals surface area contributed by atoms with Gasteiger partial charge in [0.05, 0.1) is 11.5 Å². The van der Waals surface area contributed by atoms with Crippen molar-refractivity contribution in [2.24, 2.45) is 5.73 Å². The summed E-state index contributed by atoms with van der Waals surface area (Å²) in [6.45, 7) is 0. The molecule has 2 N–H and O–H groups in total. The number of nitrogens with two attached hydrogens (primary N) is 1. The van der Waals surface area contributed by atoms with Gasteiger partial charge in [0.1, 0.15) is 0 Å². The second-order valence-corrected chi connectivity index (χ2v) is 8.47. The topological polar surface area (TPSA) is 99.1 Å². The predicted octanol–water partition coefficient (Wildman–Crippen LogP) is 1.18. The van der Waals surface area contributed by atoms with E-state index in [0.29, 0.717) is 24.6 Å². The summed E-state index contributed by atoms with van der Waals surface area (Å²) >= 11 is 0. The Morgan fingerprint density at radius 2 is 2.05 bits per heavy atom. The van der Waals surface area contributed by atoms with Crippen LogP contribution in [-0.4, -0.2) is 35.6 Å². The summed E-state index contributed by atoms with van der Waals surface area (Å²) < 4.78 is 28.2. The van der Waals surface area contributed by atoms with Crippen molar-refractivity contribution in [3.63, 3.8) is 0 Å². The Labute approximate surface area is 119 Å². The number of hydrogen-bond acceptors (Lipinski definition) is 6. The number of rotatable bonds is 3. The second kappa shape index (κ2) is 5.11. The summed E-state index contributed by atoms with van der Waals surface area (Å²) in [6.07, 6.45) is 6.71. The summed E-state index contributed by atoms with van der Waals surface area (Å²) in [7, 11) is -2.92. The molecule has 112 valence electrons. The minimum absolute atomic E-state index is 0.113. The van der Waals surface area contributed by atoms with Crippen LogP contribution >= 0.6 is 0 Å². The van der Waals surface area contributed by atoms with Gasteiger partial charge in [0.15, 0.2) is 15.7 Å². The Bertz CT molecular complexity index is 575. The van der Waals surface area contributed by atoms with Gasteiger partial charge < -0.3 is 10.3 Å². The van der Waals surface area contributed by atoms with Gasteiger partial charge in [-0.05, 0) is 19.3 Å². The molecule has 1 aliphatic carbocycles. The van der Waals surface area contributed by atoms with E-state index in [0.717, 1.165) is 25.7 Å². The fourth-order valence-corrected chi connectivity index (χ4v) is 4.98. The standard InChI is InChI=1S/C13H21N3O3S/c14-13(5-2-1-3-6-13)8-11-15-12(16-19-11)10-4-7-20(17,18)9-10/h10H,1-9,14H2. The van der Waals surface area contributed by atoms with E-state index in [1.54, 1.807) is 0 Å². The molecule has 1 atom stereocenters. The third-order valence-electron chi connectivity index (χ3n) is 4.43. The Balaban J connectivity index is 1.68. The first kappa shape index (κ1) is 14.0. The number of nitrogens with zero attached hydrogens (tertiary/aromatic N) is 2. The highest BCUT2D eigenvalue weighted by atomic mass is 32.2. The molecule has 1 aliphatic heterocycles. The van der Waals surface area contributed by atoms with E-state index in [4.69, 9.17) is 10.3 Å². The highest BCUT2D eigenvalue weighted by molar-refractivity contribution is 7.91. The van der Waals surface area contributed by atoms with Crippen LogP contribution in [0.4, 0.5) is 0 Å². The molecule has 3 rings (SSSR count). The van der Waals surface area contributed by atoms with Crippen molar-refractivity contribution in [3.8, 4) is 0 Å². The van der Waals surface area contributed by atoms with Crippen molar-refractivity contribution in [1.82, 2.24) is 10.1 Å². The molecule has 0 amide bonds. The lowest BCUT2D eigenvalue weighted by atomic mass is 9.80. The van der Waals surface area contributed by atoms with Crippen LogP contribution in [0.15, 0.2) is 4.52 Å². The van der Waals surface area contributed by atoms with Crippen LogP contribution in [0.1, 0.15) is 56.2 Å². The van der Waals surface area contributed by atoms with Gasteiger partial charge in [-0.1, -0.05) is 24.4 Å². The first-order chi connectivity index (χ1) is 9.46. The van der Waals surface area contributed by atoms with E-state index in [1.165, 1.54) is 6.42 Å². The monoisotopic (exact) mass is 299 g/mol. The van der Waals surface area contributed by atoms with E-state index in [2.05, 4.69) is 10.1 Å². The van der Waals surface area contributed by atoms with Crippen molar-refractivity contribution in [3.05, 3.63) is 11.7 Å². The van der Waals surface area contributed by atoms with E-state index < -0.39 is 9.84 Å². The second-order valence-electron chi connectivity index (χ2n) is 6.25. The molecule has 0 radical (unpaired) electrons. The van der Waals surface area contributed by atoms with Gasteiger partial charge in [0.2, 0.25) is 5.89 Å². The lowest BCUT2D eigenvalue weighted by Gasteiger charge is -2.31. The fourth-order valence-electron chi connectivity index (χ4n) is 3.24. The van der Waals surface area contributed by atoms with Crippen LogP contribution in [0.3, 0.4) is 0 Å². The molecule has 1 saturated carbocycles. The van der Waals surface area contributed by atoms with Crippen LogP contribution in [0, 0.1) is 0 Å². The van der Waals surface area contributed by atoms with Crippen LogP contribution < -0.4 is 5.73 Å². The SMILES string of the molecule is NC1(Cc2nc(C3CCS(=O)(=O)C3)no2)CCCCC1. The van der Waals surface area contributed by atoms with Crippen molar-refractivity contribution in [2.45, 2.75) is 56.4 Å². The highest BCUT2D eigenvalue weighted by Crippen LogP contribution is 2.30. The first-order valence-corrected chi connectivity index (χ1v) is 9.10. The third-order valence-corrected chi connectivity index (χ3v) is 6.20. The van der Waals surface area contributed by atoms with Gasteiger partial charge in [-0.3, -0.25) is 0 Å². The normalized spacial score (nSPS) is 28.6. The molecule has 6 nitrogen and oxygen atoms in total. The van der Waals surface area contributed by atoms with E-state index in [1.807, 2.05) is 0 Å². The Morgan fingerprint density at radius 1 is 1.30 bits per heavy atom. The molecule has 7 heteroatoms. The van der Waals surface area contributed by atoms with Gasteiger partial charge in [-0.15, -0.1) is 0 Å². The highest BCUT2D eigenvalue weighted by Gasteiger charge is 2.34. The molecular weight excluding hydrogens is 278 g/mol. The summed E-state index contributed by atoms with van der Waals surface area (Å²) in [5.41, 5.74) is 6.14. The van der Waals surface area contributed by atoms with Gasteiger partial charge in [-0.2, -0.15) is 4.98 Å². The molecule has 1 aromatic heterocycles. The summed E-state index contributed by atoms with van der Waals surface area (Å²) in [5, 5.41) is 3.95. The maximum atomic E-state index is 11.5. The van der Waals surface area contributed by atoms with Gasteiger partial charge in [0, 0.05) is 17.9 Å². The Morgan fingerprint density at radius 3 is 2.70 bits per heavy atom. The van der Waals surface area contributed by atoms with E-state index in [-0.39, 0.29) is 23.0 Å². The smallest absolute Gasteiger partial charge is 0.228 e. The van der Waals surface area contributed by atoms with Crippen LogP contribution in [0.25, 0.3) is 0 Å². The Hall–Kier alpha value is -0.950. The maximum Gasteiger partial charge on any atom is 0.228 e. The molecule has 0 aromatic carbocycles. The fraction of sp³-hybridized carbons (Fsp3) is 0.846. The number of hydrogen-bond donors (Lipinski definition) is 1. The molecule has 1 aromatic rings. The van der Waals surface area contributed by atoms with Gasteiger partial charge in [-0.25, -0.2) is 8.42 Å². The van der Waals surface area contributed by atoms with Crippen LogP contribution in [0.2, 0.25) is 0 Å².